The molecule has 0 saturated heterocycles. The fraction of sp³-hybridized carbons (Fsp3) is 0.500. The molecule has 0 aromatic carbocycles. The average Bonchev–Trinajstić information content (AvgIpc) is 2.72. The summed E-state index contributed by atoms with van der Waals surface area (Å²) in [5.74, 6) is -1.36. The van der Waals surface area contributed by atoms with E-state index >= 15 is 0 Å². The standard InChI is InChI=1S/C8H11ClN4O5S/c1-3-10-8(14)5(2)12-4-6(19(9,17)18)7(11-12)13(15)16/h4-5H,3H2,1-2H3,(H,10,14). The number of halogens is 1. The molecule has 1 amide bonds. The van der Waals surface area contributed by atoms with Gasteiger partial charge in [0.1, 0.15) is 6.04 Å². The number of hydrogen-bond donors (Lipinski definition) is 1. The van der Waals surface area contributed by atoms with Gasteiger partial charge in [0, 0.05) is 17.2 Å². The number of nitro groups is 1. The van der Waals surface area contributed by atoms with Gasteiger partial charge in [-0.3, -0.25) is 4.79 Å². The van der Waals surface area contributed by atoms with E-state index in [1.165, 1.54) is 6.92 Å². The number of likely N-dealkylation sites (N-methyl/N-ethyl adjacent to an activating group) is 1. The fourth-order valence-electron chi connectivity index (χ4n) is 1.30. The smallest absolute Gasteiger partial charge is 0.358 e. The van der Waals surface area contributed by atoms with Crippen LogP contribution in [0.1, 0.15) is 19.9 Å². The van der Waals surface area contributed by atoms with Crippen molar-refractivity contribution in [3.05, 3.63) is 16.3 Å². The second-order valence-corrected chi connectivity index (χ2v) is 6.10. The molecule has 0 radical (unpaired) electrons. The first-order valence-corrected chi connectivity index (χ1v) is 7.45. The number of nitrogens with one attached hydrogen (secondary N) is 1. The minimum atomic E-state index is -4.31. The number of carbonyl (C=O) groups is 1. The molecule has 9 nitrogen and oxygen atoms in total. The van der Waals surface area contributed by atoms with Crippen molar-refractivity contribution in [2.45, 2.75) is 24.8 Å². The van der Waals surface area contributed by atoms with Crippen molar-refractivity contribution in [2.24, 2.45) is 0 Å². The lowest BCUT2D eigenvalue weighted by atomic mass is 10.3. The van der Waals surface area contributed by atoms with Gasteiger partial charge >= 0.3 is 5.82 Å². The van der Waals surface area contributed by atoms with Gasteiger partial charge in [-0.15, -0.1) is 0 Å². The molecule has 1 heterocycles. The van der Waals surface area contributed by atoms with Crippen LogP contribution in [0.15, 0.2) is 11.1 Å². The van der Waals surface area contributed by atoms with Crippen molar-refractivity contribution < 1.29 is 18.1 Å². The summed E-state index contributed by atoms with van der Waals surface area (Å²) in [5, 5.41) is 16.7. The SMILES string of the molecule is CCNC(=O)C(C)n1cc(S(=O)(=O)Cl)c([N+](=O)[O-])n1. The Bertz CT molecular complexity index is 611. The quantitative estimate of drug-likeness (QED) is 0.477. The maximum Gasteiger partial charge on any atom is 0.410 e. The van der Waals surface area contributed by atoms with Gasteiger partial charge in [0.15, 0.2) is 0 Å². The predicted molar refractivity (Wildman–Crippen MR) is 65.3 cm³/mol. The van der Waals surface area contributed by atoms with Crippen molar-refractivity contribution >= 4 is 31.5 Å². The maximum atomic E-state index is 11.6. The van der Waals surface area contributed by atoms with Crippen LogP contribution in [0.5, 0.6) is 0 Å². The van der Waals surface area contributed by atoms with E-state index in [-0.39, 0.29) is 0 Å². The molecule has 0 bridgehead atoms. The Balaban J connectivity index is 3.26. The monoisotopic (exact) mass is 310 g/mol. The summed E-state index contributed by atoms with van der Waals surface area (Å²) in [7, 11) is 0.767. The molecule has 0 fully saturated rings. The first-order valence-electron chi connectivity index (χ1n) is 5.14. The summed E-state index contributed by atoms with van der Waals surface area (Å²) in [5.41, 5.74) is 0. The number of aromatic nitrogens is 2. The van der Waals surface area contributed by atoms with E-state index in [2.05, 4.69) is 10.4 Å². The van der Waals surface area contributed by atoms with Crippen LogP contribution in [0.2, 0.25) is 0 Å². The van der Waals surface area contributed by atoms with Gasteiger partial charge in [0.25, 0.3) is 9.05 Å². The highest BCUT2D eigenvalue weighted by atomic mass is 35.7. The number of rotatable bonds is 5. The molecular weight excluding hydrogens is 300 g/mol. The van der Waals surface area contributed by atoms with E-state index in [1.807, 2.05) is 0 Å². The van der Waals surface area contributed by atoms with E-state index in [0.717, 1.165) is 10.9 Å². The van der Waals surface area contributed by atoms with Crippen molar-refractivity contribution in [1.29, 1.82) is 0 Å². The molecule has 1 unspecified atom stereocenters. The molecule has 0 aliphatic rings. The zero-order valence-corrected chi connectivity index (χ0v) is 11.6. The lowest BCUT2D eigenvalue weighted by Crippen LogP contribution is -2.31. The molecule has 19 heavy (non-hydrogen) atoms. The molecule has 0 aliphatic heterocycles. The second kappa shape index (κ2) is 5.53. The van der Waals surface area contributed by atoms with Gasteiger partial charge in [-0.25, -0.2) is 8.42 Å². The maximum absolute atomic E-state index is 11.6. The van der Waals surface area contributed by atoms with Crippen molar-refractivity contribution in [2.75, 3.05) is 6.54 Å². The zero-order chi connectivity index (χ0) is 14.8. The highest BCUT2D eigenvalue weighted by Gasteiger charge is 2.32. The van der Waals surface area contributed by atoms with E-state index < -0.39 is 36.6 Å². The molecule has 1 aromatic heterocycles. The van der Waals surface area contributed by atoms with E-state index in [1.54, 1.807) is 6.92 Å². The van der Waals surface area contributed by atoms with E-state index in [9.17, 15) is 23.3 Å². The minimum absolute atomic E-state index is 0.368. The Hall–Kier alpha value is -1.68. The Morgan fingerprint density at radius 3 is 2.63 bits per heavy atom. The van der Waals surface area contributed by atoms with E-state index in [0.29, 0.717) is 6.54 Å². The van der Waals surface area contributed by atoms with Crippen molar-refractivity contribution in [1.82, 2.24) is 15.1 Å². The molecule has 1 N–H and O–H groups in total. The molecule has 1 rings (SSSR count). The van der Waals surface area contributed by atoms with Gasteiger partial charge in [0.2, 0.25) is 10.8 Å². The lowest BCUT2D eigenvalue weighted by Gasteiger charge is -2.07. The molecule has 0 aliphatic carbocycles. The molecule has 1 aromatic rings. The first kappa shape index (κ1) is 15.4. The average molecular weight is 311 g/mol. The largest absolute Gasteiger partial charge is 0.410 e. The number of carbonyl (C=O) groups excluding carboxylic acids is 1. The van der Waals surface area contributed by atoms with Crippen molar-refractivity contribution in [3.8, 4) is 0 Å². The fourth-order valence-corrected chi connectivity index (χ4v) is 2.20. The highest BCUT2D eigenvalue weighted by Crippen LogP contribution is 2.26. The summed E-state index contributed by atoms with van der Waals surface area (Å²) in [6.45, 7) is 3.49. The second-order valence-electron chi connectivity index (χ2n) is 3.56. The number of hydrogen-bond acceptors (Lipinski definition) is 6. The first-order chi connectivity index (χ1) is 8.68. The summed E-state index contributed by atoms with van der Waals surface area (Å²) >= 11 is 0. The number of amides is 1. The molecule has 1 atom stereocenters. The Morgan fingerprint density at radius 2 is 2.26 bits per heavy atom. The predicted octanol–water partition coefficient (Wildman–Crippen LogP) is 0.416. The topological polar surface area (TPSA) is 124 Å². The summed E-state index contributed by atoms with van der Waals surface area (Å²) < 4.78 is 23.3. The van der Waals surface area contributed by atoms with Crippen LogP contribution in [0.4, 0.5) is 5.82 Å². The van der Waals surface area contributed by atoms with Gasteiger partial charge in [-0.05, 0) is 18.8 Å². The zero-order valence-electron chi connectivity index (χ0n) is 10.0. The molecular formula is C8H11ClN4O5S. The van der Waals surface area contributed by atoms with E-state index in [4.69, 9.17) is 10.7 Å². The highest BCUT2D eigenvalue weighted by molar-refractivity contribution is 8.13. The normalized spacial score (nSPS) is 13.0. The summed E-state index contributed by atoms with van der Waals surface area (Å²) in [6.07, 6.45) is 0.861. The number of nitrogens with zero attached hydrogens (tertiary/aromatic N) is 3. The van der Waals surface area contributed by atoms with Gasteiger partial charge < -0.3 is 15.4 Å². The molecule has 0 spiro atoms. The summed E-state index contributed by atoms with van der Waals surface area (Å²) in [4.78, 5) is 20.5. The third-order valence-electron chi connectivity index (χ3n) is 2.24. The van der Waals surface area contributed by atoms with Crippen molar-refractivity contribution in [3.63, 3.8) is 0 Å². The summed E-state index contributed by atoms with van der Waals surface area (Å²) in [6, 6.07) is -0.897. The van der Waals surface area contributed by atoms with Crippen LogP contribution >= 0.6 is 10.7 Å². The van der Waals surface area contributed by atoms with Crippen LogP contribution < -0.4 is 5.32 Å². The van der Waals surface area contributed by atoms with Gasteiger partial charge in [-0.2, -0.15) is 4.68 Å². The van der Waals surface area contributed by atoms with Crippen LogP contribution in [0, 0.1) is 10.1 Å². The molecule has 11 heteroatoms. The lowest BCUT2D eigenvalue weighted by molar-refractivity contribution is -0.392. The molecule has 106 valence electrons. The van der Waals surface area contributed by atoms with Crippen LogP contribution in [-0.4, -0.2) is 35.6 Å². The third kappa shape index (κ3) is 3.41. The Labute approximate surface area is 113 Å². The molecule has 0 saturated carbocycles. The van der Waals surface area contributed by atoms with Gasteiger partial charge in [0.05, 0.1) is 11.3 Å². The van der Waals surface area contributed by atoms with Crippen LogP contribution in [-0.2, 0) is 13.8 Å². The van der Waals surface area contributed by atoms with Gasteiger partial charge in [-0.1, -0.05) is 0 Å². The minimum Gasteiger partial charge on any atom is -0.358 e. The Kier molecular flexibility index (Phi) is 4.48. The third-order valence-corrected chi connectivity index (χ3v) is 3.56. The Morgan fingerprint density at radius 1 is 1.68 bits per heavy atom. The van der Waals surface area contributed by atoms with Crippen LogP contribution in [0.3, 0.4) is 0 Å². The van der Waals surface area contributed by atoms with Crippen LogP contribution in [0.25, 0.3) is 0 Å².